The number of benzene rings is 5. The Kier molecular flexibility index (Phi) is 14.2. The Balaban J connectivity index is 1.03. The third-order valence-electron chi connectivity index (χ3n) is 14.7. The minimum atomic E-state index is -2.43. The smallest absolute Gasteiger partial charge is 0.264 e. The van der Waals surface area contributed by atoms with Crippen molar-refractivity contribution in [2.75, 3.05) is 43.3 Å². The van der Waals surface area contributed by atoms with E-state index in [-0.39, 0.29) is 55.1 Å². The van der Waals surface area contributed by atoms with Crippen molar-refractivity contribution in [1.29, 1.82) is 0 Å². The van der Waals surface area contributed by atoms with E-state index < -0.39 is 19.7 Å². The zero-order valence-corrected chi connectivity index (χ0v) is 41.3. The lowest BCUT2D eigenvalue weighted by Gasteiger charge is -2.37. The molecule has 1 spiro atoms. The van der Waals surface area contributed by atoms with E-state index in [1.54, 1.807) is 12.0 Å². The maximum atomic E-state index is 15.7. The molecule has 4 heterocycles. The number of nitrogens with one attached hydrogen (secondary N) is 1. The molecule has 69 heavy (non-hydrogen) atoms. The second-order valence-corrected chi connectivity index (χ2v) is 23.8. The van der Waals surface area contributed by atoms with Crippen molar-refractivity contribution in [2.24, 2.45) is 5.92 Å². The molecule has 1 aromatic heterocycles. The summed E-state index contributed by atoms with van der Waals surface area (Å²) in [5.74, 6) is 0.886. The molecular formula is C55H64N6O7Si. The molecule has 6 atom stereocenters. The van der Waals surface area contributed by atoms with Gasteiger partial charge in [-0.25, -0.2) is 0 Å². The first-order valence-electron chi connectivity index (χ1n) is 24.3. The number of aliphatic hydroxyl groups excluding tert-OH is 2. The number of unbranched alkanes of at least 4 members (excludes halogenated alkanes) is 1. The molecule has 2 amide bonds. The number of methoxy groups -OCH3 is 1. The van der Waals surface area contributed by atoms with Gasteiger partial charge in [0.05, 0.1) is 70.1 Å². The lowest BCUT2D eigenvalue weighted by molar-refractivity contribution is -0.146. The van der Waals surface area contributed by atoms with Crippen molar-refractivity contribution in [1.82, 2.24) is 20.3 Å². The van der Waals surface area contributed by atoms with Gasteiger partial charge in [0.25, 0.3) is 5.91 Å². The van der Waals surface area contributed by atoms with E-state index in [4.69, 9.17) is 14.2 Å². The van der Waals surface area contributed by atoms with Gasteiger partial charge in [0.15, 0.2) is 5.60 Å². The van der Waals surface area contributed by atoms with Gasteiger partial charge in [-0.3, -0.25) is 19.2 Å². The zero-order valence-electron chi connectivity index (χ0n) is 40.3. The van der Waals surface area contributed by atoms with Gasteiger partial charge in [-0.2, -0.15) is 0 Å². The maximum Gasteiger partial charge on any atom is 0.264 e. The number of aromatic nitrogens is 3. The predicted octanol–water partition coefficient (Wildman–Crippen LogP) is 7.61. The Bertz CT molecular complexity index is 2750. The molecule has 0 bridgehead atoms. The third kappa shape index (κ3) is 9.12. The first-order valence-corrected chi connectivity index (χ1v) is 27.4. The van der Waals surface area contributed by atoms with E-state index in [9.17, 15) is 15.0 Å². The molecule has 3 aliphatic heterocycles. The summed E-state index contributed by atoms with van der Waals surface area (Å²) in [6, 6.07) is 39.6. The average molecular weight is 949 g/mol. The number of hydrogen-bond donors (Lipinski definition) is 3. The molecule has 14 heteroatoms. The van der Waals surface area contributed by atoms with Crippen LogP contribution >= 0.6 is 0 Å². The van der Waals surface area contributed by atoms with Gasteiger partial charge < -0.3 is 34.6 Å². The van der Waals surface area contributed by atoms with Gasteiger partial charge in [0, 0.05) is 36.5 Å². The number of anilines is 3. The topological polar surface area (TPSA) is 152 Å². The molecule has 13 nitrogen and oxygen atoms in total. The summed E-state index contributed by atoms with van der Waals surface area (Å²) < 4.78 is 20.7. The summed E-state index contributed by atoms with van der Waals surface area (Å²) in [5, 5.41) is 33.5. The highest BCUT2D eigenvalue weighted by atomic mass is 28.3. The van der Waals surface area contributed by atoms with Crippen molar-refractivity contribution >= 4 is 42.1 Å². The van der Waals surface area contributed by atoms with Gasteiger partial charge >= 0.3 is 0 Å². The van der Waals surface area contributed by atoms with Gasteiger partial charge in [-0.1, -0.05) is 103 Å². The number of ether oxygens (including phenoxy) is 3. The Morgan fingerprint density at radius 3 is 2.42 bits per heavy atom. The standard InChI is InChI=1S/C55H64N6O7Si/c1-6-67-43-23-26-49-40(32-43)33-47(56-28-12-13-30-62)53(64)61(49)41-18-14-15-38(31-41)34-60-50-20-11-10-19-46(50)55(54(60)65)37(2)52(69(4,5)44-24-21-42(66-3)22-25-44)51(68-55)27-29-59-35-48(57-58-59)45(36-63)39-16-8-7-9-17-39/h7-11,14-26,31-32,35,37,45,47,51-52,56,62-63H,6,12-13,27-30,33-34,36H2,1-5H3/t37-,45?,47?,51+,52-,55+/m0/s1. The summed E-state index contributed by atoms with van der Waals surface area (Å²) in [4.78, 5) is 33.8. The lowest BCUT2D eigenvalue weighted by atomic mass is 9.82. The van der Waals surface area contributed by atoms with Crippen molar-refractivity contribution < 1.29 is 34.0 Å². The molecule has 9 rings (SSSR count). The van der Waals surface area contributed by atoms with Gasteiger partial charge in [0.2, 0.25) is 5.91 Å². The van der Waals surface area contributed by atoms with Crippen molar-refractivity contribution in [3.05, 3.63) is 155 Å². The number of hydrogen-bond acceptors (Lipinski definition) is 10. The maximum absolute atomic E-state index is 15.7. The van der Waals surface area contributed by atoms with Crippen molar-refractivity contribution in [2.45, 2.75) is 94.9 Å². The van der Waals surface area contributed by atoms with Crippen LogP contribution in [0.2, 0.25) is 18.6 Å². The molecule has 0 radical (unpaired) electrons. The fraction of sp³-hybridized carbons (Fsp3) is 0.382. The molecule has 0 aliphatic carbocycles. The fourth-order valence-corrected chi connectivity index (χ4v) is 15.3. The fourth-order valence-electron chi connectivity index (χ4n) is 11.3. The summed E-state index contributed by atoms with van der Waals surface area (Å²) in [7, 11) is -0.754. The van der Waals surface area contributed by atoms with E-state index in [0.29, 0.717) is 50.3 Å². The number of carbonyl (C=O) groups is 2. The van der Waals surface area contributed by atoms with E-state index in [1.165, 1.54) is 5.19 Å². The molecule has 1 saturated heterocycles. The largest absolute Gasteiger partial charge is 0.497 e. The molecular weight excluding hydrogens is 885 g/mol. The molecule has 2 unspecified atom stereocenters. The molecule has 3 N–H and O–H groups in total. The molecule has 3 aliphatic rings. The summed E-state index contributed by atoms with van der Waals surface area (Å²) in [5.41, 5.74) is 5.49. The van der Waals surface area contributed by atoms with Crippen LogP contribution in [0.3, 0.4) is 0 Å². The minimum Gasteiger partial charge on any atom is -0.497 e. The number of para-hydroxylation sites is 1. The van der Waals surface area contributed by atoms with Crippen molar-refractivity contribution in [3.63, 3.8) is 0 Å². The highest BCUT2D eigenvalue weighted by Crippen LogP contribution is 2.60. The SMILES string of the molecule is CCOc1ccc2c(c1)CC(NCCCCO)C(=O)N2c1cccc(CN2C(=O)[C@]3(O[C@H](CCn4cc(C(CO)c5ccccc5)nn4)[C@@H]([Si](C)(C)c4ccc(OC)cc4)[C@@H]3C)c3ccccc32)c1. The van der Waals surface area contributed by atoms with Crippen LogP contribution < -0.4 is 29.8 Å². The van der Waals surface area contributed by atoms with Gasteiger partial charge in [-0.05, 0) is 110 Å². The second kappa shape index (κ2) is 20.4. The Hall–Kier alpha value is -6.16. The quantitative estimate of drug-likeness (QED) is 0.0547. The molecule has 1 fully saturated rings. The van der Waals surface area contributed by atoms with Gasteiger partial charge in [-0.15, -0.1) is 5.10 Å². The van der Waals surface area contributed by atoms with E-state index >= 15 is 4.79 Å². The van der Waals surface area contributed by atoms with Crippen LogP contribution in [0, 0.1) is 5.92 Å². The van der Waals surface area contributed by atoms with Crippen LogP contribution in [0.15, 0.2) is 128 Å². The highest BCUT2D eigenvalue weighted by molar-refractivity contribution is 6.91. The summed E-state index contributed by atoms with van der Waals surface area (Å²) in [6.07, 6.45) is 4.12. The predicted molar refractivity (Wildman–Crippen MR) is 270 cm³/mol. The average Bonchev–Trinajstić information content (AvgIpc) is 4.03. The number of nitrogens with zero attached hydrogens (tertiary/aromatic N) is 5. The highest BCUT2D eigenvalue weighted by Gasteiger charge is 2.66. The molecule has 6 aromatic rings. The molecule has 360 valence electrons. The monoisotopic (exact) mass is 948 g/mol. The number of aryl methyl sites for hydroxylation is 1. The number of amides is 2. The normalized spacial score (nSPS) is 21.4. The number of carbonyl (C=O) groups excluding carboxylic acids is 2. The Labute approximate surface area is 406 Å². The zero-order chi connectivity index (χ0) is 48.3. The van der Waals surface area contributed by atoms with Gasteiger partial charge in [0.1, 0.15) is 11.5 Å². The number of fused-ring (bicyclic) bond motifs is 3. The Morgan fingerprint density at radius 1 is 0.899 bits per heavy atom. The lowest BCUT2D eigenvalue weighted by Crippen LogP contribution is -2.51. The van der Waals surface area contributed by atoms with E-state index in [0.717, 1.165) is 51.5 Å². The van der Waals surface area contributed by atoms with E-state index in [2.05, 4.69) is 53.8 Å². The molecule has 0 saturated carbocycles. The third-order valence-corrected chi connectivity index (χ3v) is 19.1. The van der Waals surface area contributed by atoms with E-state index in [1.807, 2.05) is 126 Å². The summed E-state index contributed by atoms with van der Waals surface area (Å²) >= 11 is 0. The van der Waals surface area contributed by atoms with Crippen molar-refractivity contribution in [3.8, 4) is 11.5 Å². The number of rotatable bonds is 19. The Morgan fingerprint density at radius 2 is 1.67 bits per heavy atom. The van der Waals surface area contributed by atoms with Crippen LogP contribution in [0.25, 0.3) is 0 Å². The second-order valence-electron chi connectivity index (χ2n) is 19.1. The van der Waals surface area contributed by atoms with Crippen LogP contribution in [-0.4, -0.2) is 90.7 Å². The van der Waals surface area contributed by atoms with Crippen LogP contribution in [0.4, 0.5) is 17.1 Å². The van der Waals surface area contributed by atoms with Crippen LogP contribution in [0.5, 0.6) is 11.5 Å². The first-order chi connectivity index (χ1) is 33.5. The molecule has 5 aromatic carbocycles. The minimum absolute atomic E-state index is 0.0160. The number of aliphatic hydroxyl groups is 2. The van der Waals surface area contributed by atoms with Crippen LogP contribution in [0.1, 0.15) is 67.0 Å². The first kappa shape index (κ1) is 47.9. The van der Waals surface area contributed by atoms with Crippen LogP contribution in [-0.2, 0) is 39.4 Å². The summed E-state index contributed by atoms with van der Waals surface area (Å²) in [6.45, 7) is 10.8.